The highest BCUT2D eigenvalue weighted by molar-refractivity contribution is 6.30. The molecule has 0 saturated carbocycles. The molecular weight excluding hydrogens is 362 g/mol. The summed E-state index contributed by atoms with van der Waals surface area (Å²) in [6.07, 6.45) is 0. The minimum Gasteiger partial charge on any atom is -0.488 e. The molecule has 2 rings (SSSR count). The van der Waals surface area contributed by atoms with Gasteiger partial charge in [-0.05, 0) is 37.3 Å². The Morgan fingerprint density at radius 1 is 1.23 bits per heavy atom. The third-order valence-corrected chi connectivity index (χ3v) is 4.13. The maximum Gasteiger partial charge on any atom is 0.275 e. The lowest BCUT2D eigenvalue weighted by molar-refractivity contribution is -0.871. The third kappa shape index (κ3) is 6.28. The zero-order valence-electron chi connectivity index (χ0n) is 14.7. The highest BCUT2D eigenvalue weighted by Crippen LogP contribution is 2.17. The summed E-state index contributed by atoms with van der Waals surface area (Å²) < 4.78 is 32.3. The maximum atomic E-state index is 13.7. The molecule has 2 aromatic rings. The molecule has 0 aromatic heterocycles. The van der Waals surface area contributed by atoms with E-state index in [9.17, 15) is 13.6 Å². The Balaban J connectivity index is 1.74. The zero-order chi connectivity index (χ0) is 19.1. The minimum absolute atomic E-state index is 0.217. The van der Waals surface area contributed by atoms with Crippen LogP contribution in [0.15, 0.2) is 42.5 Å². The molecule has 0 bridgehead atoms. The van der Waals surface area contributed by atoms with Gasteiger partial charge in [-0.15, -0.1) is 0 Å². The van der Waals surface area contributed by atoms with Gasteiger partial charge in [0.1, 0.15) is 30.5 Å². The van der Waals surface area contributed by atoms with Crippen molar-refractivity contribution in [2.75, 3.05) is 26.7 Å². The number of benzene rings is 2. The lowest BCUT2D eigenvalue weighted by Gasteiger charge is -2.18. The van der Waals surface area contributed by atoms with Crippen LogP contribution in [0.3, 0.4) is 0 Å². The van der Waals surface area contributed by atoms with Gasteiger partial charge in [-0.1, -0.05) is 17.7 Å². The molecule has 26 heavy (non-hydrogen) atoms. The number of nitrogens with one attached hydrogen (secondary N) is 2. The van der Waals surface area contributed by atoms with Crippen LogP contribution in [0.2, 0.25) is 5.02 Å². The number of quaternary nitrogens is 1. The molecule has 2 atom stereocenters. The van der Waals surface area contributed by atoms with Crippen molar-refractivity contribution >= 4 is 17.5 Å². The van der Waals surface area contributed by atoms with E-state index in [4.69, 9.17) is 16.3 Å². The van der Waals surface area contributed by atoms with Crippen molar-refractivity contribution in [1.82, 2.24) is 5.32 Å². The van der Waals surface area contributed by atoms with E-state index in [0.29, 0.717) is 23.9 Å². The Morgan fingerprint density at radius 3 is 2.58 bits per heavy atom. The van der Waals surface area contributed by atoms with Gasteiger partial charge in [-0.25, -0.2) is 8.78 Å². The molecule has 140 valence electrons. The van der Waals surface area contributed by atoms with Gasteiger partial charge < -0.3 is 15.0 Å². The number of hydrogen-bond donors (Lipinski definition) is 2. The van der Waals surface area contributed by atoms with Crippen LogP contribution in [0.4, 0.5) is 8.78 Å². The number of rotatable bonds is 8. The normalized spacial score (nSPS) is 13.1. The van der Waals surface area contributed by atoms with Crippen LogP contribution in [-0.4, -0.2) is 32.7 Å². The fourth-order valence-corrected chi connectivity index (χ4v) is 2.59. The smallest absolute Gasteiger partial charge is 0.275 e. The predicted molar refractivity (Wildman–Crippen MR) is 96.5 cm³/mol. The van der Waals surface area contributed by atoms with Crippen molar-refractivity contribution < 1.29 is 23.2 Å². The Kier molecular flexibility index (Phi) is 7.36. The molecule has 1 amide bonds. The van der Waals surface area contributed by atoms with E-state index in [0.717, 1.165) is 11.0 Å². The lowest BCUT2D eigenvalue weighted by Crippen LogP contribution is -3.10. The molecule has 7 heteroatoms. The molecule has 0 saturated heterocycles. The molecule has 0 aliphatic heterocycles. The highest BCUT2D eigenvalue weighted by atomic mass is 35.5. The fraction of sp³-hybridized carbons (Fsp3) is 0.316. The molecule has 2 N–H and O–H groups in total. The van der Waals surface area contributed by atoms with E-state index in [-0.39, 0.29) is 18.0 Å². The summed E-state index contributed by atoms with van der Waals surface area (Å²) in [6, 6.07) is 9.84. The van der Waals surface area contributed by atoms with Gasteiger partial charge in [0.05, 0.1) is 13.1 Å². The quantitative estimate of drug-likeness (QED) is 0.735. The molecular formula is C19H22ClF2N2O2+. The van der Waals surface area contributed by atoms with Crippen molar-refractivity contribution in [3.8, 4) is 5.75 Å². The summed E-state index contributed by atoms with van der Waals surface area (Å²) in [7, 11) is 1.87. The van der Waals surface area contributed by atoms with Crippen LogP contribution in [0.1, 0.15) is 18.5 Å². The second kappa shape index (κ2) is 9.50. The third-order valence-electron chi connectivity index (χ3n) is 3.88. The van der Waals surface area contributed by atoms with Gasteiger partial charge in [0.25, 0.3) is 5.91 Å². The second-order valence-corrected chi connectivity index (χ2v) is 6.58. The van der Waals surface area contributed by atoms with E-state index < -0.39 is 17.7 Å². The number of likely N-dealkylation sites (N-methyl/N-ethyl adjacent to an activating group) is 1. The van der Waals surface area contributed by atoms with Crippen molar-refractivity contribution in [1.29, 1.82) is 0 Å². The largest absolute Gasteiger partial charge is 0.488 e. The highest BCUT2D eigenvalue weighted by Gasteiger charge is 2.16. The first kappa shape index (κ1) is 20.1. The van der Waals surface area contributed by atoms with E-state index in [1.54, 1.807) is 31.2 Å². The van der Waals surface area contributed by atoms with Crippen LogP contribution < -0.4 is 15.0 Å². The van der Waals surface area contributed by atoms with E-state index >= 15 is 0 Å². The topological polar surface area (TPSA) is 42.8 Å². The molecule has 0 spiro atoms. The van der Waals surface area contributed by atoms with Crippen LogP contribution in [0.25, 0.3) is 0 Å². The first-order chi connectivity index (χ1) is 12.3. The summed E-state index contributed by atoms with van der Waals surface area (Å²) in [5, 5.41) is 3.37. The monoisotopic (exact) mass is 383 g/mol. The fourth-order valence-electron chi connectivity index (χ4n) is 2.46. The molecule has 2 aromatic carbocycles. The molecule has 4 nitrogen and oxygen atoms in total. The Morgan fingerprint density at radius 2 is 1.92 bits per heavy atom. The van der Waals surface area contributed by atoms with Gasteiger partial charge in [-0.3, -0.25) is 4.79 Å². The van der Waals surface area contributed by atoms with Crippen LogP contribution in [0.5, 0.6) is 5.75 Å². The SMILES string of the molecule is C[C@@H](NC(=O)C[NH+](C)CCOc1ccc(Cl)cc1)c1ccc(F)cc1F. The Bertz CT molecular complexity index is 741. The summed E-state index contributed by atoms with van der Waals surface area (Å²) in [6.45, 7) is 2.95. The molecule has 0 heterocycles. The maximum absolute atomic E-state index is 13.7. The second-order valence-electron chi connectivity index (χ2n) is 6.14. The first-order valence-corrected chi connectivity index (χ1v) is 8.67. The molecule has 1 unspecified atom stereocenters. The number of hydrogen-bond acceptors (Lipinski definition) is 2. The lowest BCUT2D eigenvalue weighted by atomic mass is 10.1. The van der Waals surface area contributed by atoms with Gasteiger partial charge >= 0.3 is 0 Å². The minimum atomic E-state index is -0.671. The van der Waals surface area contributed by atoms with Gasteiger partial charge in [-0.2, -0.15) is 0 Å². The van der Waals surface area contributed by atoms with Crippen LogP contribution in [0, 0.1) is 11.6 Å². The standard InChI is InChI=1S/C19H21ClF2N2O2/c1-13(17-8-5-15(21)11-18(17)22)23-19(25)12-24(2)9-10-26-16-6-3-14(20)4-7-16/h3-8,11,13H,9-10,12H2,1-2H3,(H,23,25)/p+1/t13-/m1/s1. The van der Waals surface area contributed by atoms with Crippen molar-refractivity contribution in [2.45, 2.75) is 13.0 Å². The Labute approximate surface area is 156 Å². The number of carbonyl (C=O) groups excluding carboxylic acids is 1. The van der Waals surface area contributed by atoms with E-state index in [1.165, 1.54) is 12.1 Å². The average Bonchev–Trinajstić information content (AvgIpc) is 2.56. The van der Waals surface area contributed by atoms with Gasteiger partial charge in [0.2, 0.25) is 0 Å². The predicted octanol–water partition coefficient (Wildman–Crippen LogP) is 2.39. The van der Waals surface area contributed by atoms with Crippen molar-refractivity contribution in [3.05, 3.63) is 64.7 Å². The zero-order valence-corrected chi connectivity index (χ0v) is 15.4. The van der Waals surface area contributed by atoms with Crippen molar-refractivity contribution in [3.63, 3.8) is 0 Å². The summed E-state index contributed by atoms with van der Waals surface area (Å²) in [5.74, 6) is -0.818. The average molecular weight is 384 g/mol. The van der Waals surface area contributed by atoms with Crippen LogP contribution >= 0.6 is 11.6 Å². The molecule has 0 radical (unpaired) electrons. The number of carbonyl (C=O) groups is 1. The van der Waals surface area contributed by atoms with Gasteiger partial charge in [0.15, 0.2) is 6.54 Å². The first-order valence-electron chi connectivity index (χ1n) is 8.29. The molecule has 0 aliphatic rings. The van der Waals surface area contributed by atoms with E-state index in [1.807, 2.05) is 7.05 Å². The van der Waals surface area contributed by atoms with Crippen LogP contribution in [-0.2, 0) is 4.79 Å². The summed E-state index contributed by atoms with van der Waals surface area (Å²) >= 11 is 5.81. The number of amides is 1. The molecule has 0 aliphatic carbocycles. The Hall–Kier alpha value is -2.18. The summed E-state index contributed by atoms with van der Waals surface area (Å²) in [5.41, 5.74) is 0.253. The number of halogens is 3. The number of ether oxygens (including phenoxy) is 1. The van der Waals surface area contributed by atoms with E-state index in [2.05, 4.69) is 5.32 Å². The van der Waals surface area contributed by atoms with Crippen molar-refractivity contribution in [2.24, 2.45) is 0 Å². The molecule has 0 fully saturated rings. The van der Waals surface area contributed by atoms with Gasteiger partial charge in [0, 0.05) is 16.7 Å². The summed E-state index contributed by atoms with van der Waals surface area (Å²) in [4.78, 5) is 13.0.